The van der Waals surface area contributed by atoms with Gasteiger partial charge in [0.15, 0.2) is 0 Å². The number of aliphatic hydroxyl groups is 1. The van der Waals surface area contributed by atoms with Crippen molar-refractivity contribution >= 4 is 0 Å². The first-order chi connectivity index (χ1) is 6.52. The molecule has 14 heavy (non-hydrogen) atoms. The van der Waals surface area contributed by atoms with Gasteiger partial charge in [0.05, 0.1) is 5.60 Å². The zero-order chi connectivity index (χ0) is 10.6. The maximum atomic E-state index is 10.0. The Balaban J connectivity index is 2.29. The van der Waals surface area contributed by atoms with E-state index in [0.717, 1.165) is 6.42 Å². The lowest BCUT2D eigenvalue weighted by molar-refractivity contribution is 0.0115. The van der Waals surface area contributed by atoms with Gasteiger partial charge in [-0.05, 0) is 32.1 Å². The SMILES string of the molecule is CC(C)C(C)(O)CNC1CC=CCC1. The molecule has 2 heteroatoms. The molecule has 0 radical (unpaired) electrons. The van der Waals surface area contributed by atoms with Crippen LogP contribution in [0.5, 0.6) is 0 Å². The number of allylic oxidation sites excluding steroid dienone is 1. The van der Waals surface area contributed by atoms with Crippen molar-refractivity contribution in [2.75, 3.05) is 6.54 Å². The summed E-state index contributed by atoms with van der Waals surface area (Å²) in [5, 5.41) is 13.5. The van der Waals surface area contributed by atoms with E-state index >= 15 is 0 Å². The molecule has 2 atom stereocenters. The highest BCUT2D eigenvalue weighted by atomic mass is 16.3. The molecule has 2 nitrogen and oxygen atoms in total. The predicted molar refractivity (Wildman–Crippen MR) is 60.2 cm³/mol. The Bertz CT molecular complexity index is 196. The zero-order valence-corrected chi connectivity index (χ0v) is 9.59. The summed E-state index contributed by atoms with van der Waals surface area (Å²) in [6, 6.07) is 0.560. The third-order valence-electron chi connectivity index (χ3n) is 3.26. The first-order valence-corrected chi connectivity index (χ1v) is 5.63. The van der Waals surface area contributed by atoms with Gasteiger partial charge in [-0.3, -0.25) is 0 Å². The summed E-state index contributed by atoms with van der Waals surface area (Å²) in [5.41, 5.74) is -0.582. The van der Waals surface area contributed by atoms with Gasteiger partial charge in [-0.25, -0.2) is 0 Å². The molecule has 0 amide bonds. The summed E-state index contributed by atoms with van der Waals surface area (Å²) in [5.74, 6) is 0.300. The first-order valence-electron chi connectivity index (χ1n) is 5.63. The molecule has 2 unspecified atom stereocenters. The number of rotatable bonds is 4. The van der Waals surface area contributed by atoms with E-state index in [1.165, 1.54) is 12.8 Å². The van der Waals surface area contributed by atoms with Crippen molar-refractivity contribution in [2.45, 2.75) is 51.7 Å². The second-order valence-corrected chi connectivity index (χ2v) is 4.87. The topological polar surface area (TPSA) is 32.3 Å². The molecule has 1 aliphatic rings. The van der Waals surface area contributed by atoms with Crippen LogP contribution < -0.4 is 5.32 Å². The smallest absolute Gasteiger partial charge is 0.0766 e. The molecular weight excluding hydrogens is 174 g/mol. The van der Waals surface area contributed by atoms with Crippen LogP contribution in [0.2, 0.25) is 0 Å². The normalized spacial score (nSPS) is 26.5. The molecule has 0 aromatic carbocycles. The van der Waals surface area contributed by atoms with Crippen LogP contribution in [0.25, 0.3) is 0 Å². The van der Waals surface area contributed by atoms with Gasteiger partial charge in [0.1, 0.15) is 0 Å². The molecule has 0 spiro atoms. The zero-order valence-electron chi connectivity index (χ0n) is 9.59. The number of nitrogens with one attached hydrogen (secondary N) is 1. The van der Waals surface area contributed by atoms with Gasteiger partial charge in [0.25, 0.3) is 0 Å². The van der Waals surface area contributed by atoms with E-state index in [4.69, 9.17) is 0 Å². The highest BCUT2D eigenvalue weighted by molar-refractivity contribution is 4.94. The maximum absolute atomic E-state index is 10.0. The fourth-order valence-corrected chi connectivity index (χ4v) is 1.53. The molecule has 0 bridgehead atoms. The molecule has 0 heterocycles. The summed E-state index contributed by atoms with van der Waals surface area (Å²) >= 11 is 0. The van der Waals surface area contributed by atoms with Gasteiger partial charge in [-0.2, -0.15) is 0 Å². The summed E-state index contributed by atoms with van der Waals surface area (Å²) in [4.78, 5) is 0. The predicted octanol–water partition coefficient (Wildman–Crippen LogP) is 2.09. The Morgan fingerprint density at radius 1 is 1.50 bits per heavy atom. The van der Waals surface area contributed by atoms with Crippen molar-refractivity contribution in [1.29, 1.82) is 0 Å². The Hall–Kier alpha value is -0.340. The van der Waals surface area contributed by atoms with E-state index in [9.17, 15) is 5.11 Å². The average Bonchev–Trinajstić information content (AvgIpc) is 2.16. The van der Waals surface area contributed by atoms with Gasteiger partial charge in [-0.15, -0.1) is 0 Å². The minimum absolute atomic E-state index is 0.300. The highest BCUT2D eigenvalue weighted by Gasteiger charge is 2.25. The fourth-order valence-electron chi connectivity index (χ4n) is 1.53. The van der Waals surface area contributed by atoms with Crippen molar-refractivity contribution in [1.82, 2.24) is 5.32 Å². The van der Waals surface area contributed by atoms with E-state index in [1.807, 2.05) is 6.92 Å². The van der Waals surface area contributed by atoms with Gasteiger partial charge < -0.3 is 10.4 Å². The third kappa shape index (κ3) is 3.43. The molecule has 0 saturated heterocycles. The quantitative estimate of drug-likeness (QED) is 0.676. The molecule has 1 rings (SSSR count). The van der Waals surface area contributed by atoms with E-state index in [-0.39, 0.29) is 0 Å². The minimum atomic E-state index is -0.582. The van der Waals surface area contributed by atoms with E-state index < -0.39 is 5.60 Å². The van der Waals surface area contributed by atoms with Crippen LogP contribution >= 0.6 is 0 Å². The molecular formula is C12H23NO. The number of hydrogen-bond acceptors (Lipinski definition) is 2. The Labute approximate surface area is 87.4 Å². The third-order valence-corrected chi connectivity index (χ3v) is 3.26. The Morgan fingerprint density at radius 3 is 2.71 bits per heavy atom. The molecule has 0 fully saturated rings. The molecule has 82 valence electrons. The monoisotopic (exact) mass is 197 g/mol. The maximum Gasteiger partial charge on any atom is 0.0766 e. The molecule has 2 N–H and O–H groups in total. The number of hydrogen-bond donors (Lipinski definition) is 2. The van der Waals surface area contributed by atoms with Crippen molar-refractivity contribution in [2.24, 2.45) is 5.92 Å². The summed E-state index contributed by atoms with van der Waals surface area (Å²) < 4.78 is 0. The highest BCUT2D eigenvalue weighted by Crippen LogP contribution is 2.16. The molecule has 0 aromatic heterocycles. The largest absolute Gasteiger partial charge is 0.389 e. The lowest BCUT2D eigenvalue weighted by Gasteiger charge is -2.31. The van der Waals surface area contributed by atoms with Gasteiger partial charge in [0, 0.05) is 12.6 Å². The summed E-state index contributed by atoms with van der Waals surface area (Å²) in [7, 11) is 0. The minimum Gasteiger partial charge on any atom is -0.389 e. The molecule has 1 aliphatic carbocycles. The Kier molecular flexibility index (Phi) is 4.14. The average molecular weight is 197 g/mol. The van der Waals surface area contributed by atoms with Gasteiger partial charge in [0.2, 0.25) is 0 Å². The van der Waals surface area contributed by atoms with Crippen molar-refractivity contribution in [3.63, 3.8) is 0 Å². The van der Waals surface area contributed by atoms with E-state index in [2.05, 4.69) is 31.3 Å². The summed E-state index contributed by atoms with van der Waals surface area (Å²) in [6.07, 6.45) is 7.93. The molecule has 0 aromatic rings. The molecule has 0 aliphatic heterocycles. The van der Waals surface area contributed by atoms with Gasteiger partial charge >= 0.3 is 0 Å². The molecule has 0 saturated carbocycles. The van der Waals surface area contributed by atoms with E-state index in [1.54, 1.807) is 0 Å². The van der Waals surface area contributed by atoms with Crippen LogP contribution in [-0.4, -0.2) is 23.3 Å². The van der Waals surface area contributed by atoms with Crippen LogP contribution in [0, 0.1) is 5.92 Å². The standard InChI is InChI=1S/C12H23NO/c1-10(2)12(3,14)9-13-11-7-5-4-6-8-11/h4-5,10-11,13-14H,6-9H2,1-3H3. The first kappa shape index (κ1) is 11.7. The van der Waals surface area contributed by atoms with Crippen molar-refractivity contribution < 1.29 is 5.11 Å². The second-order valence-electron chi connectivity index (χ2n) is 4.87. The van der Waals surface area contributed by atoms with Crippen LogP contribution in [0.4, 0.5) is 0 Å². The second kappa shape index (κ2) is 4.94. The van der Waals surface area contributed by atoms with Crippen molar-refractivity contribution in [3.8, 4) is 0 Å². The van der Waals surface area contributed by atoms with Crippen LogP contribution in [0.1, 0.15) is 40.0 Å². The van der Waals surface area contributed by atoms with Crippen LogP contribution in [0.15, 0.2) is 12.2 Å². The van der Waals surface area contributed by atoms with Crippen molar-refractivity contribution in [3.05, 3.63) is 12.2 Å². The van der Waals surface area contributed by atoms with Crippen LogP contribution in [0.3, 0.4) is 0 Å². The van der Waals surface area contributed by atoms with Crippen LogP contribution in [-0.2, 0) is 0 Å². The van der Waals surface area contributed by atoms with E-state index in [0.29, 0.717) is 18.5 Å². The lowest BCUT2D eigenvalue weighted by atomic mass is 9.91. The fraction of sp³-hybridized carbons (Fsp3) is 0.833. The van der Waals surface area contributed by atoms with Gasteiger partial charge in [-0.1, -0.05) is 26.0 Å². The Morgan fingerprint density at radius 2 is 2.21 bits per heavy atom. The lowest BCUT2D eigenvalue weighted by Crippen LogP contribution is -2.45. The summed E-state index contributed by atoms with van der Waals surface area (Å²) in [6.45, 7) is 6.72.